The molecule has 178 valence electrons. The summed E-state index contributed by atoms with van der Waals surface area (Å²) in [5, 5.41) is 2.71. The number of nitrogens with two attached hydrogens (primary N) is 1. The van der Waals surface area contributed by atoms with Crippen LogP contribution in [0.5, 0.6) is 5.75 Å². The first-order chi connectivity index (χ1) is 15.2. The van der Waals surface area contributed by atoms with Crippen LogP contribution in [0.3, 0.4) is 0 Å². The molecule has 2 aromatic rings. The largest absolute Gasteiger partial charge is 0.495 e. The first kappa shape index (κ1) is 24.6. The number of anilines is 1. The van der Waals surface area contributed by atoms with Gasteiger partial charge in [-0.1, -0.05) is 0 Å². The van der Waals surface area contributed by atoms with E-state index in [1.807, 2.05) is 0 Å². The molecule has 1 aliphatic heterocycles. The number of carbonyl (C=O) groups is 1. The van der Waals surface area contributed by atoms with Gasteiger partial charge in [-0.15, -0.1) is 0 Å². The number of nitrogens with zero attached hydrogens (tertiary/aromatic N) is 3. The number of aryl methyl sites for hydroxylation is 1. The van der Waals surface area contributed by atoms with Crippen LogP contribution in [0, 0.1) is 12.7 Å². The third-order valence-corrected chi connectivity index (χ3v) is 8.33. The Labute approximate surface area is 192 Å². The van der Waals surface area contributed by atoms with Crippen molar-refractivity contribution in [2.24, 2.45) is 10.7 Å². The van der Waals surface area contributed by atoms with Crippen molar-refractivity contribution in [2.75, 3.05) is 26.0 Å². The molecule has 3 N–H and O–H groups in total. The van der Waals surface area contributed by atoms with Crippen LogP contribution in [0.25, 0.3) is 0 Å². The summed E-state index contributed by atoms with van der Waals surface area (Å²) in [6.45, 7) is 6.11. The first-order valence-electron chi connectivity index (χ1n) is 10.2. The van der Waals surface area contributed by atoms with Gasteiger partial charge in [-0.05, 0) is 57.5 Å². The molecule has 0 spiro atoms. The van der Waals surface area contributed by atoms with Gasteiger partial charge >= 0.3 is 0 Å². The molecule has 9 nitrogen and oxygen atoms in total. The molecule has 0 bridgehead atoms. The quantitative estimate of drug-likeness (QED) is 0.696. The number of likely N-dealkylation sites (N-methyl/N-ethyl adjacent to an activating group) is 1. The Morgan fingerprint density at radius 2 is 1.94 bits per heavy atom. The number of sulfonamides is 1. The second-order valence-electron chi connectivity index (χ2n) is 8.73. The monoisotopic (exact) mass is 477 g/mol. The Bertz CT molecular complexity index is 1250. The molecular formula is C22H28FN5O4S. The summed E-state index contributed by atoms with van der Waals surface area (Å²) in [7, 11) is -0.915. The van der Waals surface area contributed by atoms with Gasteiger partial charge in [0.1, 0.15) is 33.4 Å². The molecule has 0 fully saturated rings. The molecule has 0 unspecified atom stereocenters. The molecule has 0 saturated heterocycles. The second kappa shape index (κ2) is 8.38. The number of pyridine rings is 1. The lowest BCUT2D eigenvalue weighted by molar-refractivity contribution is 0.102. The molecular weight excluding hydrogens is 449 g/mol. The smallest absolute Gasteiger partial charge is 0.274 e. The maximum atomic E-state index is 15.0. The van der Waals surface area contributed by atoms with Crippen molar-refractivity contribution in [3.63, 3.8) is 0 Å². The number of aliphatic imine (C=N–C) groups is 1. The average molecular weight is 478 g/mol. The molecule has 0 saturated carbocycles. The normalized spacial score (nSPS) is 22.2. The van der Waals surface area contributed by atoms with E-state index in [1.54, 1.807) is 19.9 Å². The topological polar surface area (TPSA) is 127 Å². The van der Waals surface area contributed by atoms with Crippen molar-refractivity contribution in [3.8, 4) is 5.75 Å². The fourth-order valence-electron chi connectivity index (χ4n) is 3.73. The molecule has 1 aromatic heterocycles. The van der Waals surface area contributed by atoms with Gasteiger partial charge in [-0.25, -0.2) is 22.1 Å². The number of amides is 1. The summed E-state index contributed by atoms with van der Waals surface area (Å²) in [6, 6.07) is 5.72. The van der Waals surface area contributed by atoms with E-state index in [-0.39, 0.29) is 23.6 Å². The fraction of sp³-hybridized carbons (Fsp3) is 0.409. The van der Waals surface area contributed by atoms with Crippen molar-refractivity contribution in [1.82, 2.24) is 9.29 Å². The summed E-state index contributed by atoms with van der Waals surface area (Å²) < 4.78 is 45.6. The van der Waals surface area contributed by atoms with Crippen molar-refractivity contribution in [2.45, 2.75) is 38.0 Å². The summed E-state index contributed by atoms with van der Waals surface area (Å²) in [6.07, 6.45) is 1.43. The molecule has 33 heavy (non-hydrogen) atoms. The number of nitrogens with one attached hydrogen (secondary N) is 1. The third-order valence-electron chi connectivity index (χ3n) is 5.88. The van der Waals surface area contributed by atoms with Gasteiger partial charge in [0, 0.05) is 24.8 Å². The second-order valence-corrected chi connectivity index (χ2v) is 11.3. The van der Waals surface area contributed by atoms with E-state index in [0.717, 1.165) is 4.31 Å². The van der Waals surface area contributed by atoms with Crippen LogP contribution in [-0.4, -0.2) is 54.9 Å². The van der Waals surface area contributed by atoms with E-state index in [4.69, 9.17) is 10.5 Å². The van der Waals surface area contributed by atoms with Gasteiger partial charge in [0.25, 0.3) is 5.91 Å². The minimum Gasteiger partial charge on any atom is -0.495 e. The van der Waals surface area contributed by atoms with Gasteiger partial charge in [0.15, 0.2) is 0 Å². The number of hydrogen-bond donors (Lipinski definition) is 2. The van der Waals surface area contributed by atoms with Crippen LogP contribution in [0.2, 0.25) is 0 Å². The molecule has 0 radical (unpaired) electrons. The highest BCUT2D eigenvalue weighted by molar-refractivity contribution is 7.91. The van der Waals surface area contributed by atoms with Crippen molar-refractivity contribution in [1.29, 1.82) is 0 Å². The zero-order valence-corrected chi connectivity index (χ0v) is 20.2. The van der Waals surface area contributed by atoms with Gasteiger partial charge < -0.3 is 15.8 Å². The molecule has 3 rings (SSSR count). The molecule has 0 aliphatic carbocycles. The Kier molecular flexibility index (Phi) is 6.24. The lowest BCUT2D eigenvalue weighted by Gasteiger charge is -2.29. The highest BCUT2D eigenvalue weighted by atomic mass is 32.2. The zero-order valence-electron chi connectivity index (χ0n) is 19.4. The standard InChI is InChI=1S/C22H28FN5O4S/c1-13-9-15(32-6)11-25-18(13)19(29)26-14-7-8-17(23)16(10-14)22(4)12-28(5)33(30,31)21(2,3)20(24)27-22/h7-11H,12H2,1-6H3,(H2,24,27)(H,26,29)/t22-/m0/s1. The Morgan fingerprint density at radius 3 is 2.55 bits per heavy atom. The van der Waals surface area contributed by atoms with E-state index >= 15 is 0 Å². The van der Waals surface area contributed by atoms with Crippen LogP contribution in [-0.2, 0) is 15.6 Å². The Morgan fingerprint density at radius 1 is 1.27 bits per heavy atom. The van der Waals surface area contributed by atoms with Gasteiger partial charge in [-0.3, -0.25) is 9.79 Å². The van der Waals surface area contributed by atoms with Gasteiger partial charge in [-0.2, -0.15) is 0 Å². The number of amidine groups is 1. The summed E-state index contributed by atoms with van der Waals surface area (Å²) in [4.78, 5) is 21.3. The lowest BCUT2D eigenvalue weighted by atomic mass is 9.91. The van der Waals surface area contributed by atoms with Gasteiger partial charge in [0.05, 0.1) is 13.3 Å². The van der Waals surface area contributed by atoms with E-state index in [0.29, 0.717) is 17.0 Å². The Hall–Kier alpha value is -3.05. The van der Waals surface area contributed by atoms with E-state index < -0.39 is 32.0 Å². The lowest BCUT2D eigenvalue weighted by Crippen LogP contribution is -2.50. The van der Waals surface area contributed by atoms with Crippen LogP contribution in [0.4, 0.5) is 10.1 Å². The zero-order chi connectivity index (χ0) is 24.8. The molecule has 1 aromatic carbocycles. The Balaban J connectivity index is 2.01. The van der Waals surface area contributed by atoms with Crippen molar-refractivity contribution in [3.05, 3.63) is 53.1 Å². The summed E-state index contributed by atoms with van der Waals surface area (Å²) in [5.74, 6) is -0.688. The van der Waals surface area contributed by atoms with Gasteiger partial charge in [0.2, 0.25) is 10.0 Å². The number of ether oxygens (including phenoxy) is 1. The molecule has 11 heteroatoms. The summed E-state index contributed by atoms with van der Waals surface area (Å²) in [5.41, 5.74) is 5.96. The molecule has 1 amide bonds. The highest BCUT2D eigenvalue weighted by Crippen LogP contribution is 2.36. The van der Waals surface area contributed by atoms with E-state index in [9.17, 15) is 17.6 Å². The minimum absolute atomic E-state index is 0.0995. The number of benzene rings is 1. The van der Waals surface area contributed by atoms with E-state index in [1.165, 1.54) is 52.4 Å². The number of halogens is 1. The first-order valence-corrected chi connectivity index (χ1v) is 11.6. The van der Waals surface area contributed by atoms with Crippen molar-refractivity contribution >= 4 is 27.5 Å². The van der Waals surface area contributed by atoms with Crippen LogP contribution in [0.15, 0.2) is 35.5 Å². The number of aromatic nitrogens is 1. The maximum absolute atomic E-state index is 15.0. The van der Waals surface area contributed by atoms with Crippen LogP contribution in [0.1, 0.15) is 42.4 Å². The van der Waals surface area contributed by atoms with Crippen LogP contribution >= 0.6 is 0 Å². The predicted octanol–water partition coefficient (Wildman–Crippen LogP) is 2.42. The number of carbonyl (C=O) groups excluding carboxylic acids is 1. The summed E-state index contributed by atoms with van der Waals surface area (Å²) >= 11 is 0. The minimum atomic E-state index is -3.83. The fourth-order valence-corrected chi connectivity index (χ4v) is 5.24. The number of hydrogen-bond acceptors (Lipinski definition) is 7. The predicted molar refractivity (Wildman–Crippen MR) is 124 cm³/mol. The molecule has 1 aliphatic rings. The molecule has 2 heterocycles. The number of methoxy groups -OCH3 is 1. The molecule has 1 atom stereocenters. The third kappa shape index (κ3) is 4.30. The SMILES string of the molecule is COc1cnc(C(=O)Nc2ccc(F)c([C@]3(C)CN(C)S(=O)(=O)C(C)(C)C(N)=N3)c2)c(C)c1. The number of rotatable bonds is 4. The van der Waals surface area contributed by atoms with Crippen LogP contribution < -0.4 is 15.8 Å². The maximum Gasteiger partial charge on any atom is 0.274 e. The van der Waals surface area contributed by atoms with Crippen molar-refractivity contribution < 1.29 is 22.3 Å². The average Bonchev–Trinajstić information content (AvgIpc) is 2.77. The van der Waals surface area contributed by atoms with E-state index in [2.05, 4.69) is 15.3 Å². The highest BCUT2D eigenvalue weighted by Gasteiger charge is 2.48.